The first kappa shape index (κ1) is 16.9. The predicted octanol–water partition coefficient (Wildman–Crippen LogP) is 4.67. The predicted molar refractivity (Wildman–Crippen MR) is 74.8 cm³/mol. The van der Waals surface area contributed by atoms with Crippen LogP contribution in [-0.2, 0) is 0 Å². The standard InChI is InChI=1S/C7H19PSi.3CH3.Sn/c1-7(2,3)8-9(4,5)6;;;;/h8H,1-6H3;3*1H3;. The zero-order chi connectivity index (χ0) is 11.3. The third kappa shape index (κ3) is 31.8. The Morgan fingerprint density at radius 3 is 1.15 bits per heavy atom. The van der Waals surface area contributed by atoms with E-state index in [1.165, 1.54) is 8.13 Å². The zero-order valence-corrected chi connectivity index (χ0v) is 15.9. The van der Waals surface area contributed by atoms with E-state index in [2.05, 4.69) is 55.2 Å². The Balaban J connectivity index is 0. The fraction of sp³-hybridized carbons (Fsp3) is 1.00. The summed E-state index contributed by atoms with van der Waals surface area (Å²) < 4.78 is 0. The molecular weight excluding hydrogens is 298 g/mol. The van der Waals surface area contributed by atoms with Gasteiger partial charge >= 0.3 is 34.6 Å². The van der Waals surface area contributed by atoms with Crippen molar-refractivity contribution in [1.29, 1.82) is 0 Å². The molecule has 0 amide bonds. The molecule has 1 unspecified atom stereocenters. The van der Waals surface area contributed by atoms with E-state index in [0.717, 1.165) is 0 Å². The topological polar surface area (TPSA) is 0 Å². The first-order chi connectivity index (χ1) is 5.44. The quantitative estimate of drug-likeness (QED) is 0.485. The first-order valence-electron chi connectivity index (χ1n) is 5.00. The molecule has 0 aliphatic rings. The molecule has 0 aliphatic heterocycles. The third-order valence-corrected chi connectivity index (χ3v) is 6.75. The van der Waals surface area contributed by atoms with E-state index < -0.39 is 27.5 Å². The Labute approximate surface area is 95.7 Å². The summed E-state index contributed by atoms with van der Waals surface area (Å²) in [7, 11) is 0.425. The van der Waals surface area contributed by atoms with Crippen LogP contribution in [0.1, 0.15) is 20.8 Å². The molecule has 0 heterocycles. The summed E-state index contributed by atoms with van der Waals surface area (Å²) in [6, 6.07) is 0. The maximum atomic E-state index is 2.44. The molecule has 1 radical (unpaired) electrons. The van der Waals surface area contributed by atoms with E-state index in [0.29, 0.717) is 5.16 Å². The van der Waals surface area contributed by atoms with Crippen LogP contribution in [0.25, 0.3) is 0 Å². The van der Waals surface area contributed by atoms with Crippen molar-refractivity contribution in [3.63, 3.8) is 0 Å². The van der Waals surface area contributed by atoms with Gasteiger partial charge in [-0.1, -0.05) is 40.4 Å². The zero-order valence-electron chi connectivity index (χ0n) is 11.0. The van der Waals surface area contributed by atoms with Gasteiger partial charge in [0, 0.05) is 0 Å². The molecule has 0 aromatic rings. The van der Waals surface area contributed by atoms with E-state index in [1.807, 2.05) is 0 Å². The molecule has 0 nitrogen and oxygen atoms in total. The summed E-state index contributed by atoms with van der Waals surface area (Å²) in [6.07, 6.45) is 0. The molecule has 0 saturated heterocycles. The number of hydrogen-bond donors (Lipinski definition) is 0. The molecule has 0 spiro atoms. The van der Waals surface area contributed by atoms with Crippen LogP contribution < -0.4 is 0 Å². The van der Waals surface area contributed by atoms with Crippen LogP contribution in [0, 0.1) is 0 Å². The van der Waals surface area contributed by atoms with Crippen LogP contribution in [0.15, 0.2) is 0 Å². The summed E-state index contributed by atoms with van der Waals surface area (Å²) in [5, 5.41) is 0.574. The second-order valence-electron chi connectivity index (χ2n) is 6.12. The molecular formula is C10H28PSiSn. The molecule has 13 heavy (non-hydrogen) atoms. The van der Waals surface area contributed by atoms with Crippen LogP contribution in [0.3, 0.4) is 0 Å². The number of hydrogen-bond acceptors (Lipinski definition) is 0. The fourth-order valence-electron chi connectivity index (χ4n) is 1.12. The summed E-state index contributed by atoms with van der Waals surface area (Å²) in [4.78, 5) is 7.09. The molecule has 1 atom stereocenters. The van der Waals surface area contributed by atoms with Gasteiger partial charge in [0.2, 0.25) is 0 Å². The van der Waals surface area contributed by atoms with Crippen LogP contribution in [-0.4, -0.2) is 32.7 Å². The minimum absolute atomic E-state index is 0.543. The molecule has 0 N–H and O–H groups in total. The Bertz CT molecular complexity index is 107. The molecule has 0 bridgehead atoms. The van der Waals surface area contributed by atoms with Crippen molar-refractivity contribution in [3.05, 3.63) is 0 Å². The van der Waals surface area contributed by atoms with E-state index in [-0.39, 0.29) is 0 Å². The van der Waals surface area contributed by atoms with Crippen molar-refractivity contribution < 1.29 is 0 Å². The normalized spacial score (nSPS) is 13.4. The Hall–Kier alpha value is 1.45. The summed E-state index contributed by atoms with van der Waals surface area (Å²) in [6.45, 7) is 14.3. The van der Waals surface area contributed by atoms with Crippen molar-refractivity contribution in [2.45, 2.75) is 60.4 Å². The van der Waals surface area contributed by atoms with Gasteiger partial charge in [-0.3, -0.25) is 0 Å². The fourth-order valence-corrected chi connectivity index (χ4v) is 10.1. The third-order valence-electron chi connectivity index (χ3n) is 0.750. The van der Waals surface area contributed by atoms with Crippen LogP contribution in [0.4, 0.5) is 0 Å². The second-order valence-corrected chi connectivity index (χ2v) is 26.2. The molecule has 0 aliphatic carbocycles. The average Bonchev–Trinajstić information content (AvgIpc) is 1.47. The monoisotopic (exact) mass is 327 g/mol. The molecule has 3 heteroatoms. The summed E-state index contributed by atoms with van der Waals surface area (Å²) in [5.41, 5.74) is 0. The first-order valence-corrected chi connectivity index (χ1v) is 19.1. The SMILES string of the molecule is CC(C)(C)P[Si](C)(C)C.[CH3][Sn]([CH3])[CH3]. The summed E-state index contributed by atoms with van der Waals surface area (Å²) >= 11 is -0.543. The van der Waals surface area contributed by atoms with Crippen molar-refractivity contribution in [2.75, 3.05) is 0 Å². The minimum atomic E-state index is -0.765. The van der Waals surface area contributed by atoms with Gasteiger partial charge in [0.15, 0.2) is 0 Å². The Morgan fingerprint density at radius 2 is 1.15 bits per heavy atom. The van der Waals surface area contributed by atoms with Gasteiger partial charge in [-0.05, 0) is 5.16 Å². The van der Waals surface area contributed by atoms with E-state index >= 15 is 0 Å². The van der Waals surface area contributed by atoms with Gasteiger partial charge in [-0.2, -0.15) is 0 Å². The van der Waals surface area contributed by atoms with E-state index in [4.69, 9.17) is 0 Å². The molecule has 0 fully saturated rings. The second kappa shape index (κ2) is 6.84. The molecule has 0 aromatic carbocycles. The van der Waals surface area contributed by atoms with Gasteiger partial charge in [-0.25, -0.2) is 0 Å². The van der Waals surface area contributed by atoms with E-state index in [1.54, 1.807) is 0 Å². The van der Waals surface area contributed by atoms with Gasteiger partial charge < -0.3 is 0 Å². The maximum absolute atomic E-state index is 2.44. The van der Waals surface area contributed by atoms with Crippen molar-refractivity contribution >= 4 is 35.6 Å². The Kier molecular flexibility index (Phi) is 8.87. The van der Waals surface area contributed by atoms with Crippen LogP contribution >= 0.6 is 8.13 Å². The van der Waals surface area contributed by atoms with Crippen molar-refractivity contribution in [2.24, 2.45) is 0 Å². The van der Waals surface area contributed by atoms with Gasteiger partial charge in [0.25, 0.3) is 0 Å². The van der Waals surface area contributed by atoms with Crippen molar-refractivity contribution in [1.82, 2.24) is 0 Å². The molecule has 0 aromatic heterocycles. The van der Waals surface area contributed by atoms with Crippen molar-refractivity contribution in [3.8, 4) is 0 Å². The average molecular weight is 326 g/mol. The molecule has 0 saturated carbocycles. The summed E-state index contributed by atoms with van der Waals surface area (Å²) in [5.74, 6) is 0. The van der Waals surface area contributed by atoms with Crippen LogP contribution in [0.2, 0.25) is 34.5 Å². The molecule has 81 valence electrons. The Morgan fingerprint density at radius 1 is 0.923 bits per heavy atom. The van der Waals surface area contributed by atoms with E-state index in [9.17, 15) is 0 Å². The van der Waals surface area contributed by atoms with Gasteiger partial charge in [-0.15, -0.1) is 8.13 Å². The van der Waals surface area contributed by atoms with Gasteiger partial charge in [0.1, 0.15) is 0 Å². The van der Waals surface area contributed by atoms with Crippen LogP contribution in [0.5, 0.6) is 0 Å². The number of rotatable bonds is 1. The molecule has 0 rings (SSSR count). The van der Waals surface area contributed by atoms with Gasteiger partial charge in [0.05, 0.1) is 7.74 Å².